The van der Waals surface area contributed by atoms with Gasteiger partial charge >= 0.3 is 5.97 Å². The topological polar surface area (TPSA) is 79.9 Å². The summed E-state index contributed by atoms with van der Waals surface area (Å²) >= 11 is 0. The molecular formula is C8H10O5. The minimum Gasteiger partial charge on any atom is -0.478 e. The van der Waals surface area contributed by atoms with Crippen molar-refractivity contribution in [3.8, 4) is 0 Å². The smallest absolute Gasteiger partial charge is 0.338 e. The number of hydrogen-bond acceptors (Lipinski definition) is 4. The SMILES string of the molecule is CCOC(O)c1cc(C(=O)O)co1. The van der Waals surface area contributed by atoms with Crippen LogP contribution in [0.3, 0.4) is 0 Å². The van der Waals surface area contributed by atoms with Gasteiger partial charge in [-0.3, -0.25) is 0 Å². The summed E-state index contributed by atoms with van der Waals surface area (Å²) in [6.45, 7) is 2.04. The third kappa shape index (κ3) is 2.30. The first-order chi connectivity index (χ1) is 6.15. The van der Waals surface area contributed by atoms with Crippen molar-refractivity contribution in [2.45, 2.75) is 13.2 Å². The fraction of sp³-hybridized carbons (Fsp3) is 0.375. The predicted octanol–water partition coefficient (Wildman–Crippen LogP) is 1.01. The Morgan fingerprint density at radius 3 is 2.92 bits per heavy atom. The molecule has 0 fully saturated rings. The van der Waals surface area contributed by atoms with E-state index in [0.717, 1.165) is 6.26 Å². The van der Waals surface area contributed by atoms with Gasteiger partial charge in [0.15, 0.2) is 5.76 Å². The summed E-state index contributed by atoms with van der Waals surface area (Å²) in [5, 5.41) is 17.7. The summed E-state index contributed by atoms with van der Waals surface area (Å²) < 4.78 is 9.57. The lowest BCUT2D eigenvalue weighted by molar-refractivity contribution is -0.110. The number of carbonyl (C=O) groups is 1. The molecule has 0 aliphatic rings. The molecular weight excluding hydrogens is 176 g/mol. The minimum absolute atomic E-state index is 0.00578. The lowest BCUT2D eigenvalue weighted by atomic mass is 10.3. The van der Waals surface area contributed by atoms with Crippen LogP contribution in [0.2, 0.25) is 0 Å². The van der Waals surface area contributed by atoms with Gasteiger partial charge in [0, 0.05) is 6.61 Å². The molecule has 2 N–H and O–H groups in total. The van der Waals surface area contributed by atoms with Gasteiger partial charge in [-0.15, -0.1) is 0 Å². The van der Waals surface area contributed by atoms with Crippen LogP contribution in [0.4, 0.5) is 0 Å². The second-order valence-corrected chi connectivity index (χ2v) is 2.35. The molecule has 1 atom stereocenters. The zero-order valence-corrected chi connectivity index (χ0v) is 7.06. The number of carboxylic acid groups (broad SMARTS) is 1. The summed E-state index contributed by atoms with van der Waals surface area (Å²) in [7, 11) is 0. The van der Waals surface area contributed by atoms with Gasteiger partial charge in [0.25, 0.3) is 0 Å². The van der Waals surface area contributed by atoms with E-state index >= 15 is 0 Å². The Hall–Kier alpha value is -1.33. The van der Waals surface area contributed by atoms with Crippen molar-refractivity contribution in [3.05, 3.63) is 23.7 Å². The molecule has 0 saturated heterocycles. The van der Waals surface area contributed by atoms with Crippen molar-refractivity contribution >= 4 is 5.97 Å². The van der Waals surface area contributed by atoms with Crippen LogP contribution in [-0.2, 0) is 4.74 Å². The molecule has 0 amide bonds. The third-order valence-electron chi connectivity index (χ3n) is 1.43. The van der Waals surface area contributed by atoms with E-state index in [9.17, 15) is 9.90 Å². The Balaban J connectivity index is 2.73. The van der Waals surface area contributed by atoms with Crippen molar-refractivity contribution < 1.29 is 24.2 Å². The molecule has 0 aromatic carbocycles. The standard InChI is InChI=1S/C8H10O5/c1-2-12-8(11)6-3-5(4-13-6)7(9)10/h3-4,8,11H,2H2,1H3,(H,9,10). The molecule has 1 unspecified atom stereocenters. The Bertz CT molecular complexity index is 290. The summed E-state index contributed by atoms with van der Waals surface area (Å²) in [5.74, 6) is -1.00. The van der Waals surface area contributed by atoms with Crippen LogP contribution in [0.25, 0.3) is 0 Å². The van der Waals surface area contributed by atoms with Crippen LogP contribution in [0, 0.1) is 0 Å². The predicted molar refractivity (Wildman–Crippen MR) is 42.3 cm³/mol. The van der Waals surface area contributed by atoms with E-state index in [1.54, 1.807) is 6.92 Å². The molecule has 1 rings (SSSR count). The molecule has 1 heterocycles. The third-order valence-corrected chi connectivity index (χ3v) is 1.43. The highest BCUT2D eigenvalue weighted by Gasteiger charge is 2.14. The average molecular weight is 186 g/mol. The summed E-state index contributed by atoms with van der Waals surface area (Å²) in [6.07, 6.45) is -0.141. The zero-order chi connectivity index (χ0) is 9.84. The van der Waals surface area contributed by atoms with Crippen molar-refractivity contribution in [2.24, 2.45) is 0 Å². The highest BCUT2D eigenvalue weighted by Crippen LogP contribution is 2.17. The molecule has 72 valence electrons. The maximum Gasteiger partial charge on any atom is 0.338 e. The first-order valence-electron chi connectivity index (χ1n) is 3.76. The summed E-state index contributed by atoms with van der Waals surface area (Å²) in [6, 6.07) is 1.22. The van der Waals surface area contributed by atoms with Crippen molar-refractivity contribution in [1.82, 2.24) is 0 Å². The normalized spacial score (nSPS) is 12.8. The number of aliphatic hydroxyl groups excluding tert-OH is 1. The van der Waals surface area contributed by atoms with Gasteiger partial charge in [0.05, 0.1) is 5.56 Å². The van der Waals surface area contributed by atoms with E-state index in [1.165, 1.54) is 6.07 Å². The fourth-order valence-electron chi connectivity index (χ4n) is 0.834. The van der Waals surface area contributed by atoms with Crippen molar-refractivity contribution in [2.75, 3.05) is 6.61 Å². The molecule has 1 aromatic heterocycles. The monoisotopic (exact) mass is 186 g/mol. The van der Waals surface area contributed by atoms with E-state index in [2.05, 4.69) is 0 Å². The van der Waals surface area contributed by atoms with Crippen LogP contribution in [0.1, 0.15) is 29.3 Å². The van der Waals surface area contributed by atoms with Crippen LogP contribution < -0.4 is 0 Å². The highest BCUT2D eigenvalue weighted by molar-refractivity contribution is 5.87. The number of ether oxygens (including phenoxy) is 1. The molecule has 0 bridgehead atoms. The van der Waals surface area contributed by atoms with Crippen molar-refractivity contribution in [3.63, 3.8) is 0 Å². The van der Waals surface area contributed by atoms with E-state index in [1.807, 2.05) is 0 Å². The Morgan fingerprint density at radius 1 is 1.77 bits per heavy atom. The molecule has 0 aliphatic carbocycles. The highest BCUT2D eigenvalue weighted by atomic mass is 16.6. The number of aromatic carboxylic acids is 1. The van der Waals surface area contributed by atoms with Gasteiger partial charge < -0.3 is 19.4 Å². The lowest BCUT2D eigenvalue weighted by Crippen LogP contribution is -2.01. The van der Waals surface area contributed by atoms with Crippen LogP contribution in [-0.4, -0.2) is 22.8 Å². The second-order valence-electron chi connectivity index (χ2n) is 2.35. The largest absolute Gasteiger partial charge is 0.478 e. The molecule has 5 heteroatoms. The molecule has 0 spiro atoms. The molecule has 0 radical (unpaired) electrons. The lowest BCUT2D eigenvalue weighted by Gasteiger charge is -2.05. The Morgan fingerprint density at radius 2 is 2.46 bits per heavy atom. The average Bonchev–Trinajstić information content (AvgIpc) is 2.52. The van der Waals surface area contributed by atoms with E-state index in [-0.39, 0.29) is 11.3 Å². The molecule has 0 saturated carbocycles. The molecule has 5 nitrogen and oxygen atoms in total. The number of hydrogen-bond donors (Lipinski definition) is 2. The van der Waals surface area contributed by atoms with Crippen molar-refractivity contribution in [1.29, 1.82) is 0 Å². The second kappa shape index (κ2) is 4.06. The van der Waals surface area contributed by atoms with Crippen LogP contribution in [0.5, 0.6) is 0 Å². The number of furan rings is 1. The van der Waals surface area contributed by atoms with Gasteiger partial charge in [-0.25, -0.2) is 4.79 Å². The quantitative estimate of drug-likeness (QED) is 0.686. The first kappa shape index (κ1) is 9.76. The van der Waals surface area contributed by atoms with E-state index in [4.69, 9.17) is 14.3 Å². The van der Waals surface area contributed by atoms with Gasteiger partial charge in [-0.2, -0.15) is 0 Å². The Labute approximate surface area is 74.5 Å². The number of carboxylic acids is 1. The van der Waals surface area contributed by atoms with Gasteiger partial charge in [0.2, 0.25) is 6.29 Å². The first-order valence-corrected chi connectivity index (χ1v) is 3.76. The summed E-state index contributed by atoms with van der Waals surface area (Å²) in [5.41, 5.74) is -0.00578. The maximum atomic E-state index is 10.4. The number of rotatable bonds is 4. The molecule has 13 heavy (non-hydrogen) atoms. The minimum atomic E-state index is -1.20. The van der Waals surface area contributed by atoms with E-state index < -0.39 is 12.3 Å². The maximum absolute atomic E-state index is 10.4. The Kier molecular flexibility index (Phi) is 3.05. The van der Waals surface area contributed by atoms with Gasteiger partial charge in [-0.05, 0) is 13.0 Å². The fourth-order valence-corrected chi connectivity index (χ4v) is 0.834. The van der Waals surface area contributed by atoms with Crippen LogP contribution in [0.15, 0.2) is 16.7 Å². The number of aliphatic hydroxyl groups is 1. The summed E-state index contributed by atoms with van der Waals surface area (Å²) in [4.78, 5) is 10.4. The molecule has 1 aromatic rings. The van der Waals surface area contributed by atoms with Gasteiger partial charge in [0.1, 0.15) is 6.26 Å². The van der Waals surface area contributed by atoms with Crippen LogP contribution >= 0.6 is 0 Å². The zero-order valence-electron chi connectivity index (χ0n) is 7.06. The van der Waals surface area contributed by atoms with Gasteiger partial charge in [-0.1, -0.05) is 0 Å². The molecule has 0 aliphatic heterocycles. The van der Waals surface area contributed by atoms with E-state index in [0.29, 0.717) is 6.61 Å².